The molecule has 1 spiro atoms. The van der Waals surface area contributed by atoms with E-state index in [2.05, 4.69) is 11.8 Å². The van der Waals surface area contributed by atoms with Gasteiger partial charge in [0, 0.05) is 57.7 Å². The van der Waals surface area contributed by atoms with Gasteiger partial charge in [0.25, 0.3) is 5.91 Å². The summed E-state index contributed by atoms with van der Waals surface area (Å²) in [4.78, 5) is 41.0. The Morgan fingerprint density at radius 1 is 1.10 bits per heavy atom. The van der Waals surface area contributed by atoms with Crippen molar-refractivity contribution in [2.24, 2.45) is 0 Å². The van der Waals surface area contributed by atoms with E-state index in [0.29, 0.717) is 6.04 Å². The lowest BCUT2D eigenvalue weighted by molar-refractivity contribution is -0.192. The summed E-state index contributed by atoms with van der Waals surface area (Å²) in [5.74, 6) is -1.83. The van der Waals surface area contributed by atoms with Gasteiger partial charge in [-0.05, 0) is 56.4 Å². The number of carboxylic acid groups (broad SMARTS) is 1. The zero-order valence-corrected chi connectivity index (χ0v) is 24.6. The van der Waals surface area contributed by atoms with Crippen molar-refractivity contribution in [1.29, 1.82) is 0 Å². The smallest absolute Gasteiger partial charge is 0.490 e. The van der Waals surface area contributed by atoms with E-state index in [0.717, 1.165) is 93.6 Å². The van der Waals surface area contributed by atoms with Crippen LogP contribution in [0.2, 0.25) is 0 Å². The number of methoxy groups -OCH3 is 1. The molecular weight excluding hydrogens is 543 g/mol. The van der Waals surface area contributed by atoms with Crippen LogP contribution in [0.4, 0.5) is 18.0 Å². The maximum atomic E-state index is 13.3. The summed E-state index contributed by atoms with van der Waals surface area (Å²) in [6, 6.07) is 4.57. The van der Waals surface area contributed by atoms with E-state index in [1.54, 1.807) is 7.11 Å². The number of amides is 2. The van der Waals surface area contributed by atoms with Gasteiger partial charge >= 0.3 is 18.2 Å². The highest BCUT2D eigenvalue weighted by Gasteiger charge is 2.53. The third kappa shape index (κ3) is 7.44. The topological polar surface area (TPSA) is 99.6 Å². The number of benzene rings is 1. The summed E-state index contributed by atoms with van der Waals surface area (Å²) in [5, 5.41) is 7.12. The number of unbranched alkanes of at least 4 members (excludes halogenated alkanes) is 1. The number of likely N-dealkylation sites (N-methyl/N-ethyl adjacent to an activating group) is 1. The SMILES string of the molecule is CCCCC1N(C)C(=O)OC12CCN(C1CCN(C(=O)c3c(C)cc(OC)cc3C)CC1)CC2.O=C(O)C(F)(F)F. The highest BCUT2D eigenvalue weighted by atomic mass is 19.4. The maximum Gasteiger partial charge on any atom is 0.490 e. The number of aliphatic carboxylic acids is 1. The summed E-state index contributed by atoms with van der Waals surface area (Å²) in [5.41, 5.74) is 2.43. The Labute approximate surface area is 239 Å². The van der Waals surface area contributed by atoms with Crippen molar-refractivity contribution in [3.8, 4) is 5.75 Å². The number of hydrogen-bond donors (Lipinski definition) is 1. The van der Waals surface area contributed by atoms with Gasteiger partial charge in [-0.2, -0.15) is 13.2 Å². The van der Waals surface area contributed by atoms with Gasteiger partial charge in [0.2, 0.25) is 0 Å². The molecule has 3 fully saturated rings. The van der Waals surface area contributed by atoms with Crippen LogP contribution in [-0.2, 0) is 9.53 Å². The third-order valence-electron chi connectivity index (χ3n) is 8.60. The number of carbonyl (C=O) groups excluding carboxylic acids is 2. The van der Waals surface area contributed by atoms with Crippen LogP contribution < -0.4 is 4.74 Å². The maximum absolute atomic E-state index is 13.3. The predicted molar refractivity (Wildman–Crippen MR) is 146 cm³/mol. The molecule has 1 aromatic rings. The van der Waals surface area contributed by atoms with E-state index in [4.69, 9.17) is 19.4 Å². The van der Waals surface area contributed by atoms with Crippen LogP contribution in [0.15, 0.2) is 12.1 Å². The summed E-state index contributed by atoms with van der Waals surface area (Å²) in [7, 11) is 3.55. The van der Waals surface area contributed by atoms with Crippen molar-refractivity contribution in [3.63, 3.8) is 0 Å². The minimum Gasteiger partial charge on any atom is -0.497 e. The third-order valence-corrected chi connectivity index (χ3v) is 8.60. The number of nitrogens with zero attached hydrogens (tertiary/aromatic N) is 3. The van der Waals surface area contributed by atoms with Crippen LogP contribution in [0.1, 0.15) is 73.4 Å². The fourth-order valence-corrected chi connectivity index (χ4v) is 6.32. The Bertz CT molecular complexity index is 1070. The first kappa shape index (κ1) is 32.5. The van der Waals surface area contributed by atoms with Crippen molar-refractivity contribution in [2.45, 2.75) is 89.6 Å². The minimum atomic E-state index is -5.08. The molecule has 3 aliphatic rings. The van der Waals surface area contributed by atoms with Gasteiger partial charge in [0.15, 0.2) is 0 Å². The Kier molecular flexibility index (Phi) is 10.5. The zero-order chi connectivity index (χ0) is 30.5. The molecule has 2 amide bonds. The Balaban J connectivity index is 0.000000587. The quantitative estimate of drug-likeness (QED) is 0.500. The molecule has 4 rings (SSSR count). The summed E-state index contributed by atoms with van der Waals surface area (Å²) < 4.78 is 43.1. The molecule has 3 aliphatic heterocycles. The zero-order valence-electron chi connectivity index (χ0n) is 24.6. The summed E-state index contributed by atoms with van der Waals surface area (Å²) in [6.07, 6.45) is 1.82. The average Bonchev–Trinajstić information content (AvgIpc) is 3.15. The van der Waals surface area contributed by atoms with Crippen LogP contribution in [0.3, 0.4) is 0 Å². The average molecular weight is 586 g/mol. The number of carbonyl (C=O) groups is 3. The van der Waals surface area contributed by atoms with Crippen LogP contribution in [0.25, 0.3) is 0 Å². The number of likely N-dealkylation sites (tertiary alicyclic amines) is 2. The molecule has 12 heteroatoms. The van der Waals surface area contributed by atoms with Gasteiger partial charge in [-0.1, -0.05) is 19.8 Å². The molecule has 230 valence electrons. The molecule has 0 radical (unpaired) electrons. The van der Waals surface area contributed by atoms with E-state index in [-0.39, 0.29) is 23.6 Å². The molecule has 0 bridgehead atoms. The number of rotatable bonds is 6. The number of carboxylic acids is 1. The Hall–Kier alpha value is -3.02. The lowest BCUT2D eigenvalue weighted by Gasteiger charge is -2.46. The van der Waals surface area contributed by atoms with Gasteiger partial charge in [0.1, 0.15) is 11.4 Å². The number of alkyl halides is 3. The second-order valence-electron chi connectivity index (χ2n) is 11.2. The molecule has 0 aliphatic carbocycles. The second kappa shape index (κ2) is 13.3. The minimum absolute atomic E-state index is 0.133. The fourth-order valence-electron chi connectivity index (χ4n) is 6.32. The summed E-state index contributed by atoms with van der Waals surface area (Å²) in [6.45, 7) is 9.65. The molecule has 0 saturated carbocycles. The number of ether oxygens (including phenoxy) is 2. The molecule has 1 N–H and O–H groups in total. The number of halogens is 3. The van der Waals surface area contributed by atoms with Crippen molar-refractivity contribution in [3.05, 3.63) is 28.8 Å². The van der Waals surface area contributed by atoms with Gasteiger partial charge < -0.3 is 24.4 Å². The van der Waals surface area contributed by atoms with Crippen LogP contribution in [0.5, 0.6) is 5.75 Å². The fraction of sp³-hybridized carbons (Fsp3) is 0.690. The molecule has 0 aromatic heterocycles. The predicted octanol–water partition coefficient (Wildman–Crippen LogP) is 5.03. The standard InChI is InChI=1S/C27H41N3O4.C2HF3O2/c1-6-7-8-23-27(34-26(32)28(23)4)11-15-29(16-12-27)21-9-13-30(14-10-21)25(31)24-19(2)17-22(33-5)18-20(24)3;3-2(4,5)1(6)7/h17-18,21,23H,6-16H2,1-5H3;(H,6,7). The molecule has 41 heavy (non-hydrogen) atoms. The van der Waals surface area contributed by atoms with E-state index in [1.165, 1.54) is 0 Å². The molecule has 9 nitrogen and oxygen atoms in total. The molecule has 1 aromatic carbocycles. The normalized spacial score (nSPS) is 21.4. The Morgan fingerprint density at radius 2 is 1.63 bits per heavy atom. The molecule has 3 heterocycles. The van der Waals surface area contributed by atoms with Crippen LogP contribution >= 0.6 is 0 Å². The monoisotopic (exact) mass is 585 g/mol. The first-order chi connectivity index (χ1) is 19.2. The van der Waals surface area contributed by atoms with E-state index in [9.17, 15) is 22.8 Å². The first-order valence-corrected chi connectivity index (χ1v) is 14.2. The van der Waals surface area contributed by atoms with E-state index >= 15 is 0 Å². The largest absolute Gasteiger partial charge is 0.497 e. The molecule has 1 atom stereocenters. The van der Waals surface area contributed by atoms with E-state index in [1.807, 2.05) is 42.8 Å². The highest BCUT2D eigenvalue weighted by molar-refractivity contribution is 5.97. The van der Waals surface area contributed by atoms with Gasteiger partial charge in [-0.3, -0.25) is 9.69 Å². The molecule has 1 unspecified atom stereocenters. The van der Waals surface area contributed by atoms with Crippen LogP contribution in [0, 0.1) is 13.8 Å². The van der Waals surface area contributed by atoms with Crippen molar-refractivity contribution >= 4 is 18.0 Å². The van der Waals surface area contributed by atoms with E-state index < -0.39 is 12.1 Å². The van der Waals surface area contributed by atoms with Gasteiger partial charge in [0.05, 0.1) is 13.2 Å². The second-order valence-corrected chi connectivity index (χ2v) is 11.2. The first-order valence-electron chi connectivity index (χ1n) is 14.2. The van der Waals surface area contributed by atoms with Gasteiger partial charge in [-0.15, -0.1) is 0 Å². The molecule has 3 saturated heterocycles. The van der Waals surface area contributed by atoms with Crippen molar-refractivity contribution < 1.29 is 42.1 Å². The Morgan fingerprint density at radius 3 is 2.10 bits per heavy atom. The van der Waals surface area contributed by atoms with Crippen molar-refractivity contribution in [1.82, 2.24) is 14.7 Å². The number of hydrogen-bond acceptors (Lipinski definition) is 6. The summed E-state index contributed by atoms with van der Waals surface area (Å²) >= 11 is 0. The number of aryl methyl sites for hydroxylation is 2. The lowest BCUT2D eigenvalue weighted by atomic mass is 9.81. The van der Waals surface area contributed by atoms with Gasteiger partial charge in [-0.25, -0.2) is 9.59 Å². The van der Waals surface area contributed by atoms with Crippen LogP contribution in [-0.4, -0.2) is 102 Å². The highest BCUT2D eigenvalue weighted by Crippen LogP contribution is 2.41. The lowest BCUT2D eigenvalue weighted by Crippen LogP contribution is -2.55. The van der Waals surface area contributed by atoms with Crippen molar-refractivity contribution in [2.75, 3.05) is 40.3 Å². The number of piperidine rings is 2. The molecular formula is C29H42F3N3O6.